The van der Waals surface area contributed by atoms with E-state index >= 15 is 0 Å². The smallest absolute Gasteiger partial charge is 0.356 e. The molecule has 0 atom stereocenters. The van der Waals surface area contributed by atoms with Crippen LogP contribution in [0.15, 0.2) is 54.6 Å². The first-order valence-electron chi connectivity index (χ1n) is 8.42. The van der Waals surface area contributed by atoms with Gasteiger partial charge in [0.05, 0.1) is 12.3 Å². The van der Waals surface area contributed by atoms with Gasteiger partial charge in [0, 0.05) is 17.0 Å². The number of hydrogen-bond acceptors (Lipinski definition) is 3. The van der Waals surface area contributed by atoms with Crippen LogP contribution in [0.4, 0.5) is 5.69 Å². The van der Waals surface area contributed by atoms with Gasteiger partial charge in [-0.1, -0.05) is 42.0 Å². The van der Waals surface area contributed by atoms with Crippen molar-refractivity contribution in [3.63, 3.8) is 0 Å². The molecule has 0 aliphatic carbocycles. The highest BCUT2D eigenvalue weighted by atomic mass is 16.5. The van der Waals surface area contributed by atoms with Gasteiger partial charge in [-0.15, -0.1) is 0 Å². The highest BCUT2D eigenvalue weighted by molar-refractivity contribution is 6.13. The van der Waals surface area contributed by atoms with Crippen LogP contribution in [-0.2, 0) is 9.53 Å². The second-order valence-corrected chi connectivity index (χ2v) is 5.88. The number of aryl methyl sites for hydroxylation is 1. The molecule has 0 saturated heterocycles. The van der Waals surface area contributed by atoms with Crippen molar-refractivity contribution in [2.45, 2.75) is 13.8 Å². The summed E-state index contributed by atoms with van der Waals surface area (Å²) in [7, 11) is 0. The molecule has 0 aliphatic rings. The molecule has 1 amide bonds. The number of aromatic nitrogens is 1. The summed E-state index contributed by atoms with van der Waals surface area (Å²) in [4.78, 5) is 27.7. The van der Waals surface area contributed by atoms with E-state index in [9.17, 15) is 9.59 Å². The van der Waals surface area contributed by atoms with E-state index in [1.54, 1.807) is 13.0 Å². The lowest BCUT2D eigenvalue weighted by atomic mass is 10.1. The number of ether oxygens (including phenoxy) is 1. The van der Waals surface area contributed by atoms with E-state index in [4.69, 9.17) is 4.74 Å². The fourth-order valence-corrected chi connectivity index (χ4v) is 2.69. The van der Waals surface area contributed by atoms with Crippen molar-refractivity contribution >= 4 is 34.5 Å². The molecule has 2 N–H and O–H groups in total. The summed E-state index contributed by atoms with van der Waals surface area (Å²) in [6.45, 7) is 3.96. The van der Waals surface area contributed by atoms with Gasteiger partial charge in [0.15, 0.2) is 0 Å². The first kappa shape index (κ1) is 17.5. The molecule has 0 saturated carbocycles. The van der Waals surface area contributed by atoms with Gasteiger partial charge < -0.3 is 15.0 Å². The maximum absolute atomic E-state index is 12.4. The standard InChI is InChI=1S/C21H20N2O3/c1-3-26-21(25)20-19(16-13-14(2)9-11-17(16)22-20)23-18(24)12-10-15-7-5-4-6-8-15/h4-13,22H,3H2,1-2H3,(H,23,24)/b12-10+. The summed E-state index contributed by atoms with van der Waals surface area (Å²) >= 11 is 0. The van der Waals surface area contributed by atoms with Crippen LogP contribution >= 0.6 is 0 Å². The summed E-state index contributed by atoms with van der Waals surface area (Å²) in [6.07, 6.45) is 3.17. The normalized spacial score (nSPS) is 11.0. The second kappa shape index (κ2) is 7.70. The highest BCUT2D eigenvalue weighted by Crippen LogP contribution is 2.29. The molecule has 5 heteroatoms. The van der Waals surface area contributed by atoms with E-state index < -0.39 is 5.97 Å². The topological polar surface area (TPSA) is 71.2 Å². The molecule has 0 spiro atoms. The summed E-state index contributed by atoms with van der Waals surface area (Å²) in [5.74, 6) is -0.814. The largest absolute Gasteiger partial charge is 0.461 e. The molecule has 0 bridgehead atoms. The van der Waals surface area contributed by atoms with E-state index in [1.165, 1.54) is 6.08 Å². The number of aromatic amines is 1. The van der Waals surface area contributed by atoms with Gasteiger partial charge in [-0.25, -0.2) is 4.79 Å². The van der Waals surface area contributed by atoms with E-state index in [0.29, 0.717) is 5.69 Å². The predicted octanol–water partition coefficient (Wildman–Crippen LogP) is 4.30. The van der Waals surface area contributed by atoms with E-state index in [-0.39, 0.29) is 18.2 Å². The van der Waals surface area contributed by atoms with Gasteiger partial charge in [-0.2, -0.15) is 0 Å². The fraction of sp³-hybridized carbons (Fsp3) is 0.143. The zero-order valence-corrected chi connectivity index (χ0v) is 14.7. The minimum Gasteiger partial charge on any atom is -0.461 e. The number of carbonyl (C=O) groups is 2. The Morgan fingerprint density at radius 1 is 1.15 bits per heavy atom. The molecule has 0 radical (unpaired) electrons. The predicted molar refractivity (Wildman–Crippen MR) is 103 cm³/mol. The molecule has 3 aromatic rings. The van der Waals surface area contributed by atoms with Crippen molar-refractivity contribution < 1.29 is 14.3 Å². The zero-order chi connectivity index (χ0) is 18.5. The lowest BCUT2D eigenvalue weighted by molar-refractivity contribution is -0.111. The van der Waals surface area contributed by atoms with Gasteiger partial charge in [0.2, 0.25) is 5.91 Å². The Morgan fingerprint density at radius 2 is 1.92 bits per heavy atom. The Labute approximate surface area is 151 Å². The van der Waals surface area contributed by atoms with Crippen molar-refractivity contribution in [1.29, 1.82) is 0 Å². The number of benzene rings is 2. The number of fused-ring (bicyclic) bond motifs is 1. The lowest BCUT2D eigenvalue weighted by Gasteiger charge is -2.05. The van der Waals surface area contributed by atoms with Crippen molar-refractivity contribution in [2.75, 3.05) is 11.9 Å². The Kier molecular flexibility index (Phi) is 5.17. The van der Waals surface area contributed by atoms with Crippen LogP contribution in [-0.4, -0.2) is 23.5 Å². The summed E-state index contributed by atoms with van der Waals surface area (Å²) in [5.41, 5.74) is 3.39. The van der Waals surface area contributed by atoms with Crippen LogP contribution in [0.2, 0.25) is 0 Å². The lowest BCUT2D eigenvalue weighted by Crippen LogP contribution is -2.13. The number of esters is 1. The van der Waals surface area contributed by atoms with Crippen LogP contribution in [0.25, 0.3) is 17.0 Å². The molecule has 26 heavy (non-hydrogen) atoms. The first-order chi connectivity index (χ1) is 12.6. The van der Waals surface area contributed by atoms with Crippen LogP contribution in [0.1, 0.15) is 28.5 Å². The third-order valence-electron chi connectivity index (χ3n) is 3.91. The Morgan fingerprint density at radius 3 is 2.65 bits per heavy atom. The average molecular weight is 348 g/mol. The summed E-state index contributed by atoms with van der Waals surface area (Å²) in [6, 6.07) is 15.3. The van der Waals surface area contributed by atoms with Gasteiger partial charge in [0.1, 0.15) is 5.69 Å². The highest BCUT2D eigenvalue weighted by Gasteiger charge is 2.20. The van der Waals surface area contributed by atoms with Crippen molar-refractivity contribution in [3.8, 4) is 0 Å². The number of amides is 1. The van der Waals surface area contributed by atoms with Gasteiger partial charge in [-0.05, 0) is 37.6 Å². The minimum absolute atomic E-state index is 0.244. The maximum atomic E-state index is 12.4. The summed E-state index contributed by atoms with van der Waals surface area (Å²) in [5, 5.41) is 3.59. The number of hydrogen-bond donors (Lipinski definition) is 2. The Balaban J connectivity index is 1.93. The number of carbonyl (C=O) groups excluding carboxylic acids is 2. The molecular weight excluding hydrogens is 328 g/mol. The average Bonchev–Trinajstić information content (AvgIpc) is 2.99. The van der Waals surface area contributed by atoms with E-state index in [2.05, 4.69) is 10.3 Å². The molecule has 5 nitrogen and oxygen atoms in total. The third kappa shape index (κ3) is 3.83. The monoisotopic (exact) mass is 348 g/mol. The minimum atomic E-state index is -0.497. The molecule has 2 aromatic carbocycles. The zero-order valence-electron chi connectivity index (χ0n) is 14.7. The van der Waals surface area contributed by atoms with Crippen LogP contribution in [0.5, 0.6) is 0 Å². The van der Waals surface area contributed by atoms with E-state index in [0.717, 1.165) is 22.0 Å². The second-order valence-electron chi connectivity index (χ2n) is 5.88. The Hall–Kier alpha value is -3.34. The van der Waals surface area contributed by atoms with Gasteiger partial charge in [0.25, 0.3) is 0 Å². The molecule has 132 valence electrons. The van der Waals surface area contributed by atoms with E-state index in [1.807, 2.05) is 55.5 Å². The maximum Gasteiger partial charge on any atom is 0.356 e. The molecule has 3 rings (SSSR count). The summed E-state index contributed by atoms with van der Waals surface area (Å²) < 4.78 is 5.10. The first-order valence-corrected chi connectivity index (χ1v) is 8.42. The molecule has 1 heterocycles. The third-order valence-corrected chi connectivity index (χ3v) is 3.91. The number of H-pyrrole nitrogens is 1. The van der Waals surface area contributed by atoms with Crippen LogP contribution < -0.4 is 5.32 Å². The molecule has 0 unspecified atom stereocenters. The number of nitrogens with one attached hydrogen (secondary N) is 2. The molecule has 1 aromatic heterocycles. The van der Waals surface area contributed by atoms with Gasteiger partial charge in [-0.3, -0.25) is 4.79 Å². The van der Waals surface area contributed by atoms with Crippen molar-refractivity contribution in [1.82, 2.24) is 4.98 Å². The fourth-order valence-electron chi connectivity index (χ4n) is 2.69. The number of rotatable bonds is 5. The van der Waals surface area contributed by atoms with Crippen LogP contribution in [0, 0.1) is 6.92 Å². The number of anilines is 1. The SMILES string of the molecule is CCOC(=O)c1[nH]c2ccc(C)cc2c1NC(=O)/C=C/c1ccccc1. The molecular formula is C21H20N2O3. The van der Waals surface area contributed by atoms with Crippen molar-refractivity contribution in [3.05, 3.63) is 71.4 Å². The molecule has 0 aliphatic heterocycles. The Bertz CT molecular complexity index is 972. The quantitative estimate of drug-likeness (QED) is 0.533. The van der Waals surface area contributed by atoms with Gasteiger partial charge >= 0.3 is 5.97 Å². The van der Waals surface area contributed by atoms with Crippen LogP contribution in [0.3, 0.4) is 0 Å². The van der Waals surface area contributed by atoms with Crippen molar-refractivity contribution in [2.24, 2.45) is 0 Å². The molecule has 0 fully saturated rings.